The molecule has 0 saturated carbocycles. The minimum Gasteiger partial charge on any atom is -0.487 e. The second-order valence-corrected chi connectivity index (χ2v) is 18.2. The number of aliphatic carboxylic acids is 1. The molecule has 0 unspecified atom stereocenters. The average Bonchev–Trinajstić information content (AvgIpc) is 4.27. The summed E-state index contributed by atoms with van der Waals surface area (Å²) in [4.78, 5) is 44.7. The molecule has 10 rings (SSSR count). The molecule has 0 bridgehead atoms. The van der Waals surface area contributed by atoms with Crippen molar-refractivity contribution in [1.29, 1.82) is 0 Å². The predicted molar refractivity (Wildman–Crippen MR) is 269 cm³/mol. The molecule has 2 aliphatic rings. The number of nitrogens with zero attached hydrogens (tertiary/aromatic N) is 8. The van der Waals surface area contributed by atoms with Gasteiger partial charge >= 0.3 is 18.1 Å². The Kier molecular flexibility index (Phi) is 16.1. The highest BCUT2D eigenvalue weighted by atomic mass is 19.4. The maximum absolute atomic E-state index is 13.1. The van der Waals surface area contributed by atoms with E-state index in [-0.39, 0.29) is 49.4 Å². The molecule has 0 spiro atoms. The van der Waals surface area contributed by atoms with Crippen LogP contribution in [-0.2, 0) is 46.6 Å². The minimum absolute atomic E-state index is 0.0329. The summed E-state index contributed by atoms with van der Waals surface area (Å²) in [5.74, 6) is 0.850. The van der Waals surface area contributed by atoms with E-state index in [4.69, 9.17) is 23.3 Å². The number of benzene rings is 4. The zero-order chi connectivity index (χ0) is 52.3. The number of aryl methyl sites for hydroxylation is 1. The summed E-state index contributed by atoms with van der Waals surface area (Å²) in [6.07, 6.45) is -0.643. The topological polar surface area (TPSA) is 192 Å². The van der Waals surface area contributed by atoms with Gasteiger partial charge in [0.15, 0.2) is 11.5 Å². The lowest BCUT2D eigenvalue weighted by Gasteiger charge is -2.17. The van der Waals surface area contributed by atoms with Crippen molar-refractivity contribution in [3.8, 4) is 34.1 Å². The summed E-state index contributed by atoms with van der Waals surface area (Å²) in [7, 11) is 0. The first-order chi connectivity index (χ1) is 36.3. The predicted octanol–water partition coefficient (Wildman–Crippen LogP) is 9.99. The second-order valence-electron chi connectivity index (χ2n) is 18.2. The maximum atomic E-state index is 13.1. The van der Waals surface area contributed by atoms with E-state index in [9.17, 15) is 27.9 Å². The lowest BCUT2D eigenvalue weighted by Crippen LogP contribution is -2.27. The number of carbonyl (C=O) groups is 2. The second kappa shape index (κ2) is 23.5. The molecule has 4 atom stereocenters. The average molecular weight is 1020 g/mol. The fraction of sp³-hybridized carbons (Fsp3) is 0.286. The van der Waals surface area contributed by atoms with Crippen molar-refractivity contribution in [2.75, 3.05) is 42.6 Å². The van der Waals surface area contributed by atoms with Crippen molar-refractivity contribution < 1.29 is 51.1 Å². The molecular weight excluding hydrogens is 970 g/mol. The first-order valence-electron chi connectivity index (χ1n) is 24.4. The molecule has 0 radical (unpaired) electrons. The monoisotopic (exact) mass is 1020 g/mol. The molecule has 4 aromatic carbocycles. The zero-order valence-electron chi connectivity index (χ0n) is 41.0. The number of aromatic nitrogens is 6. The van der Waals surface area contributed by atoms with Crippen molar-refractivity contribution in [3.05, 3.63) is 180 Å². The summed E-state index contributed by atoms with van der Waals surface area (Å²) in [5.41, 5.74) is 5.12. The Morgan fingerprint density at radius 2 is 1.12 bits per heavy atom. The van der Waals surface area contributed by atoms with E-state index in [1.165, 1.54) is 4.90 Å². The van der Waals surface area contributed by atoms with Crippen LogP contribution in [0.1, 0.15) is 40.8 Å². The van der Waals surface area contributed by atoms with Crippen molar-refractivity contribution in [3.63, 3.8) is 0 Å². The molecule has 0 aliphatic carbocycles. The third-order valence-electron chi connectivity index (χ3n) is 12.9. The molecule has 2 saturated heterocycles. The largest absolute Gasteiger partial charge is 0.487 e. The molecule has 6 heterocycles. The fourth-order valence-electron chi connectivity index (χ4n) is 9.13. The summed E-state index contributed by atoms with van der Waals surface area (Å²) >= 11 is 0. The van der Waals surface area contributed by atoms with E-state index in [1.807, 2.05) is 129 Å². The first kappa shape index (κ1) is 51.3. The summed E-state index contributed by atoms with van der Waals surface area (Å²) in [5, 5.41) is 17.9. The molecule has 16 nitrogen and oxygen atoms in total. The number of carbonyl (C=O) groups excluding carboxylic acids is 1. The third kappa shape index (κ3) is 13.3. The highest BCUT2D eigenvalue weighted by Crippen LogP contribution is 2.34. The lowest BCUT2D eigenvalue weighted by atomic mass is 9.90. The number of ether oxygens (including phenoxy) is 3. The number of anilines is 2. The zero-order valence-corrected chi connectivity index (χ0v) is 41.0. The first-order valence-corrected chi connectivity index (χ1v) is 24.4. The van der Waals surface area contributed by atoms with Crippen molar-refractivity contribution in [1.82, 2.24) is 30.2 Å². The number of hydrogen-bond donors (Lipinski definition) is 1. The van der Waals surface area contributed by atoms with E-state index in [2.05, 4.69) is 35.1 Å². The number of rotatable bonds is 17. The van der Waals surface area contributed by atoms with Gasteiger partial charge in [0.2, 0.25) is 11.9 Å². The molecule has 8 aromatic rings. The highest BCUT2D eigenvalue weighted by Gasteiger charge is 2.41. The van der Waals surface area contributed by atoms with Gasteiger partial charge in [-0.3, -0.25) is 9.59 Å². The van der Waals surface area contributed by atoms with Crippen LogP contribution in [0.4, 0.5) is 25.1 Å². The minimum atomic E-state index is -4.61. The van der Waals surface area contributed by atoms with Gasteiger partial charge in [-0.15, -0.1) is 0 Å². The van der Waals surface area contributed by atoms with Crippen LogP contribution < -0.4 is 19.3 Å². The van der Waals surface area contributed by atoms with Crippen LogP contribution in [0.25, 0.3) is 22.6 Å². The van der Waals surface area contributed by atoms with Crippen LogP contribution >= 0.6 is 0 Å². The Hall–Kier alpha value is -8.61. The molecule has 2 fully saturated rings. The van der Waals surface area contributed by atoms with Crippen LogP contribution in [0.5, 0.6) is 11.5 Å². The Morgan fingerprint density at radius 1 is 0.640 bits per heavy atom. The highest BCUT2D eigenvalue weighted by molar-refractivity contribution is 5.75. The number of hydrogen-bond acceptors (Lipinski definition) is 15. The molecule has 2 aliphatic heterocycles. The molecule has 75 heavy (non-hydrogen) atoms. The number of esters is 1. The molecule has 386 valence electrons. The van der Waals surface area contributed by atoms with Gasteiger partial charge in [0.05, 0.1) is 18.4 Å². The molecular formula is C56H53F3N8O8. The Balaban J connectivity index is 0.000000184. The van der Waals surface area contributed by atoms with Gasteiger partial charge in [-0.1, -0.05) is 95.2 Å². The summed E-state index contributed by atoms with van der Waals surface area (Å²) in [6.45, 7) is 6.18. The van der Waals surface area contributed by atoms with Gasteiger partial charge in [-0.2, -0.15) is 13.2 Å². The van der Waals surface area contributed by atoms with E-state index in [0.717, 1.165) is 58.1 Å². The van der Waals surface area contributed by atoms with E-state index < -0.39 is 23.8 Å². The molecule has 1 N–H and O–H groups in total. The molecule has 19 heteroatoms. The van der Waals surface area contributed by atoms with Crippen molar-refractivity contribution in [2.24, 2.45) is 23.7 Å². The number of alkyl halides is 3. The standard InChI is InChI=1S/C29H30N4O4.C27H23F3N4O4/c1-3-35-28(34)26-18-33(29-30-14-13-20(2)31-29)17-23(26)15-21-9-11-25(12-10-21)36-19-24-16-27(37-32-24)22-7-5-4-6-8-22;28-27(29,30)24-10-11-31-26(32-24)34-14-19(22(15-34)25(35)36)12-17-6-8-21(9-7-17)37-16-20-13-23(38-33-20)18-4-2-1-3-5-18/h4-14,16,23,26H,3,15,17-19H2,1-2H3;1-11,13,19,22H,12,14-16H2,(H,35,36)/t23-,26+;19-,22+/m11/s1. The molecule has 0 amide bonds. The van der Waals surface area contributed by atoms with Gasteiger partial charge in [0.25, 0.3) is 0 Å². The van der Waals surface area contributed by atoms with Crippen molar-refractivity contribution >= 4 is 23.8 Å². The van der Waals surface area contributed by atoms with Crippen molar-refractivity contribution in [2.45, 2.75) is 46.1 Å². The summed E-state index contributed by atoms with van der Waals surface area (Å²) in [6, 6.07) is 41.0. The van der Waals surface area contributed by atoms with Gasteiger partial charge in [0, 0.05) is 67.5 Å². The Labute approximate surface area is 430 Å². The van der Waals surface area contributed by atoms with E-state index in [0.29, 0.717) is 61.6 Å². The lowest BCUT2D eigenvalue weighted by molar-refractivity contribution is -0.148. The SMILES string of the molecule is CCOC(=O)[C@H]1CN(c2nccc(C)n2)C[C@H]1Cc1ccc(OCc2cc(-c3ccccc3)on2)cc1.O=C(O)[C@H]1CN(c2nccc(C(F)(F)F)n2)C[C@H]1Cc1ccc(OCc2cc(-c3ccccc3)on2)cc1. The van der Waals surface area contributed by atoms with Gasteiger partial charge in [-0.05, 0) is 86.1 Å². The fourth-order valence-corrected chi connectivity index (χ4v) is 9.13. The van der Waals surface area contributed by atoms with Crippen LogP contribution in [0.15, 0.2) is 155 Å². The Bertz CT molecular complexity index is 3140. The number of carboxylic acids is 1. The quantitative estimate of drug-likeness (QED) is 0.0847. The normalized spacial score (nSPS) is 17.3. The van der Waals surface area contributed by atoms with Crippen LogP contribution in [0, 0.1) is 30.6 Å². The Morgan fingerprint density at radius 3 is 1.60 bits per heavy atom. The number of carboxylic acid groups (broad SMARTS) is 1. The smallest absolute Gasteiger partial charge is 0.433 e. The number of halogens is 3. The van der Waals surface area contributed by atoms with Gasteiger partial charge < -0.3 is 38.2 Å². The van der Waals surface area contributed by atoms with E-state index >= 15 is 0 Å². The van der Waals surface area contributed by atoms with E-state index in [1.54, 1.807) is 18.3 Å². The van der Waals surface area contributed by atoms with Crippen LogP contribution in [0.3, 0.4) is 0 Å². The summed E-state index contributed by atoms with van der Waals surface area (Å²) < 4.78 is 67.1. The van der Waals surface area contributed by atoms with Gasteiger partial charge in [0.1, 0.15) is 41.8 Å². The van der Waals surface area contributed by atoms with Crippen LogP contribution in [0.2, 0.25) is 0 Å². The maximum Gasteiger partial charge on any atom is 0.433 e. The van der Waals surface area contributed by atoms with Crippen LogP contribution in [-0.4, -0.2) is 80.1 Å². The van der Waals surface area contributed by atoms with Gasteiger partial charge in [-0.25, -0.2) is 19.9 Å². The molecule has 4 aromatic heterocycles. The third-order valence-corrected chi connectivity index (χ3v) is 12.9.